The van der Waals surface area contributed by atoms with Crippen molar-refractivity contribution < 1.29 is 27.2 Å². The molecular formula is C17H11F4N3O2. The van der Waals surface area contributed by atoms with Crippen molar-refractivity contribution >= 4 is 17.5 Å². The smallest absolute Gasteiger partial charge is 0.366 e. The van der Waals surface area contributed by atoms with Crippen LogP contribution in [0.4, 0.5) is 23.2 Å². The van der Waals surface area contributed by atoms with E-state index < -0.39 is 34.9 Å². The number of nitrogens with zero attached hydrogens (tertiary/aromatic N) is 1. The Bertz CT molecular complexity index is 946. The number of carbonyl (C=O) groups is 2. The summed E-state index contributed by atoms with van der Waals surface area (Å²) in [6.07, 6.45) is -4.81. The molecule has 0 saturated carbocycles. The van der Waals surface area contributed by atoms with E-state index in [9.17, 15) is 27.2 Å². The second-order valence-electron chi connectivity index (χ2n) is 5.29. The fraction of sp³-hybridized carbons (Fsp3) is 0.118. The number of hydrogen-bond acceptors (Lipinski definition) is 3. The Hall–Kier alpha value is -3.41. The van der Waals surface area contributed by atoms with E-state index in [1.807, 2.05) is 0 Å². The molecule has 0 spiro atoms. The van der Waals surface area contributed by atoms with Crippen molar-refractivity contribution in [3.05, 3.63) is 52.8 Å². The van der Waals surface area contributed by atoms with Crippen LogP contribution in [0.3, 0.4) is 0 Å². The predicted molar refractivity (Wildman–Crippen MR) is 84.4 cm³/mol. The number of hydrogen-bond donors (Lipinski definition) is 2. The van der Waals surface area contributed by atoms with Gasteiger partial charge in [-0.1, -0.05) is 6.07 Å². The highest BCUT2D eigenvalue weighted by Gasteiger charge is 2.34. The molecule has 0 saturated heterocycles. The van der Waals surface area contributed by atoms with E-state index in [-0.39, 0.29) is 22.4 Å². The summed E-state index contributed by atoms with van der Waals surface area (Å²) in [6.45, 7) is 1.12. The van der Waals surface area contributed by atoms with Gasteiger partial charge in [0.05, 0.1) is 22.9 Å². The number of nitrogens with one attached hydrogen (secondary N) is 1. The SMILES string of the molecule is CC(=O)Nc1cc(-c2ccc(C#N)c(C(F)(F)F)c2)c(C(N)=O)cc1F. The average Bonchev–Trinajstić information content (AvgIpc) is 2.54. The molecule has 0 bridgehead atoms. The number of carbonyl (C=O) groups excluding carboxylic acids is 2. The van der Waals surface area contributed by atoms with Crippen LogP contribution in [0, 0.1) is 17.1 Å². The van der Waals surface area contributed by atoms with Crippen molar-refractivity contribution in [2.24, 2.45) is 5.73 Å². The number of nitrogens with two attached hydrogens (primary N) is 1. The number of primary amides is 1. The van der Waals surface area contributed by atoms with Crippen LogP contribution in [0.5, 0.6) is 0 Å². The van der Waals surface area contributed by atoms with Crippen LogP contribution in [0.25, 0.3) is 11.1 Å². The summed E-state index contributed by atoms with van der Waals surface area (Å²) in [5.41, 5.74) is 2.45. The molecule has 26 heavy (non-hydrogen) atoms. The summed E-state index contributed by atoms with van der Waals surface area (Å²) in [7, 11) is 0. The van der Waals surface area contributed by atoms with Crippen LogP contribution in [0.1, 0.15) is 28.4 Å². The summed E-state index contributed by atoms with van der Waals surface area (Å²) in [6, 6.07) is 5.95. The zero-order valence-corrected chi connectivity index (χ0v) is 13.2. The maximum atomic E-state index is 14.0. The first-order valence-corrected chi connectivity index (χ1v) is 7.07. The fourth-order valence-electron chi connectivity index (χ4n) is 2.35. The normalized spacial score (nSPS) is 10.9. The molecule has 2 amide bonds. The molecule has 0 atom stereocenters. The summed E-state index contributed by atoms with van der Waals surface area (Å²) >= 11 is 0. The van der Waals surface area contributed by atoms with E-state index >= 15 is 0 Å². The molecule has 2 aromatic rings. The number of amides is 2. The summed E-state index contributed by atoms with van der Waals surface area (Å²) in [5.74, 6) is -2.65. The first-order chi connectivity index (χ1) is 12.0. The zero-order chi connectivity index (χ0) is 19.6. The molecule has 0 unspecified atom stereocenters. The Morgan fingerprint density at radius 2 is 1.85 bits per heavy atom. The molecular weight excluding hydrogens is 354 g/mol. The van der Waals surface area contributed by atoms with Gasteiger partial charge in [0, 0.05) is 12.5 Å². The topological polar surface area (TPSA) is 96.0 Å². The molecule has 0 heterocycles. The Balaban J connectivity index is 2.76. The maximum Gasteiger partial charge on any atom is 0.417 e. The van der Waals surface area contributed by atoms with Gasteiger partial charge in [0.15, 0.2) is 0 Å². The lowest BCUT2D eigenvalue weighted by Crippen LogP contribution is -2.15. The van der Waals surface area contributed by atoms with Crippen molar-refractivity contribution in [1.29, 1.82) is 5.26 Å². The van der Waals surface area contributed by atoms with Gasteiger partial charge in [-0.05, 0) is 35.4 Å². The third kappa shape index (κ3) is 3.80. The van der Waals surface area contributed by atoms with Gasteiger partial charge in [-0.2, -0.15) is 18.4 Å². The summed E-state index contributed by atoms with van der Waals surface area (Å²) in [5, 5.41) is 11.0. The van der Waals surface area contributed by atoms with Crippen molar-refractivity contribution in [1.82, 2.24) is 0 Å². The standard InChI is InChI=1S/C17H11F4N3O2/c1-8(25)24-15-6-11(12(16(23)26)5-14(15)18)9-2-3-10(7-22)13(4-9)17(19,20)21/h2-6H,1H3,(H2,23,26)(H,24,25). The van der Waals surface area contributed by atoms with E-state index in [4.69, 9.17) is 11.0 Å². The molecule has 0 aromatic heterocycles. The van der Waals surface area contributed by atoms with E-state index in [0.29, 0.717) is 6.07 Å². The zero-order valence-electron chi connectivity index (χ0n) is 13.2. The quantitative estimate of drug-likeness (QED) is 0.816. The lowest BCUT2D eigenvalue weighted by atomic mass is 9.94. The fourth-order valence-corrected chi connectivity index (χ4v) is 2.35. The van der Waals surface area contributed by atoms with Gasteiger partial charge in [-0.3, -0.25) is 9.59 Å². The molecule has 0 radical (unpaired) electrons. The molecule has 3 N–H and O–H groups in total. The highest BCUT2D eigenvalue weighted by Crippen LogP contribution is 2.36. The predicted octanol–water partition coefficient (Wildman–Crippen LogP) is 3.44. The van der Waals surface area contributed by atoms with E-state index in [1.165, 1.54) is 12.1 Å². The lowest BCUT2D eigenvalue weighted by Gasteiger charge is -2.14. The first kappa shape index (κ1) is 18.9. The Kier molecular flexibility index (Phi) is 4.98. The second-order valence-corrected chi connectivity index (χ2v) is 5.29. The number of rotatable bonds is 3. The largest absolute Gasteiger partial charge is 0.417 e. The van der Waals surface area contributed by atoms with Gasteiger partial charge in [0.2, 0.25) is 11.8 Å². The maximum absolute atomic E-state index is 14.0. The number of alkyl halides is 3. The van der Waals surface area contributed by atoms with E-state index in [2.05, 4.69) is 5.32 Å². The molecule has 2 aromatic carbocycles. The highest BCUT2D eigenvalue weighted by molar-refractivity contribution is 6.01. The molecule has 0 aliphatic rings. The molecule has 0 fully saturated rings. The third-order valence-electron chi connectivity index (χ3n) is 3.44. The Morgan fingerprint density at radius 1 is 1.19 bits per heavy atom. The molecule has 5 nitrogen and oxygen atoms in total. The van der Waals surface area contributed by atoms with Gasteiger partial charge >= 0.3 is 6.18 Å². The van der Waals surface area contributed by atoms with Crippen LogP contribution in [0.2, 0.25) is 0 Å². The number of nitriles is 1. The molecule has 9 heteroatoms. The van der Waals surface area contributed by atoms with Gasteiger partial charge < -0.3 is 11.1 Å². The Morgan fingerprint density at radius 3 is 2.35 bits per heavy atom. The number of halogens is 4. The Labute approximate surface area is 145 Å². The third-order valence-corrected chi connectivity index (χ3v) is 3.44. The minimum atomic E-state index is -4.81. The van der Waals surface area contributed by atoms with Gasteiger partial charge in [0.1, 0.15) is 5.82 Å². The van der Waals surface area contributed by atoms with Crippen LogP contribution >= 0.6 is 0 Å². The van der Waals surface area contributed by atoms with Crippen molar-refractivity contribution in [3.63, 3.8) is 0 Å². The molecule has 134 valence electrons. The van der Waals surface area contributed by atoms with Gasteiger partial charge in [-0.15, -0.1) is 0 Å². The van der Waals surface area contributed by atoms with Crippen LogP contribution in [0.15, 0.2) is 30.3 Å². The minimum absolute atomic E-state index is 0.113. The molecule has 2 rings (SSSR count). The van der Waals surface area contributed by atoms with Crippen LogP contribution in [-0.4, -0.2) is 11.8 Å². The summed E-state index contributed by atoms with van der Waals surface area (Å²) in [4.78, 5) is 22.7. The number of benzene rings is 2. The summed E-state index contributed by atoms with van der Waals surface area (Å²) < 4.78 is 53.4. The lowest BCUT2D eigenvalue weighted by molar-refractivity contribution is -0.137. The molecule has 0 aliphatic carbocycles. The highest BCUT2D eigenvalue weighted by atomic mass is 19.4. The van der Waals surface area contributed by atoms with Crippen molar-refractivity contribution in [3.8, 4) is 17.2 Å². The number of anilines is 1. The van der Waals surface area contributed by atoms with E-state index in [1.54, 1.807) is 0 Å². The second kappa shape index (κ2) is 6.84. The monoisotopic (exact) mass is 365 g/mol. The van der Waals surface area contributed by atoms with Crippen LogP contribution < -0.4 is 11.1 Å². The molecule has 0 aliphatic heterocycles. The van der Waals surface area contributed by atoms with Crippen molar-refractivity contribution in [2.45, 2.75) is 13.1 Å². The van der Waals surface area contributed by atoms with Gasteiger partial charge in [0.25, 0.3) is 0 Å². The first-order valence-electron chi connectivity index (χ1n) is 7.07. The minimum Gasteiger partial charge on any atom is -0.366 e. The van der Waals surface area contributed by atoms with Crippen molar-refractivity contribution in [2.75, 3.05) is 5.32 Å². The average molecular weight is 365 g/mol. The van der Waals surface area contributed by atoms with Gasteiger partial charge in [-0.25, -0.2) is 4.39 Å². The van der Waals surface area contributed by atoms with Crippen LogP contribution in [-0.2, 0) is 11.0 Å². The van der Waals surface area contributed by atoms with E-state index in [0.717, 1.165) is 25.1 Å².